The summed E-state index contributed by atoms with van der Waals surface area (Å²) in [7, 11) is 0. The third kappa shape index (κ3) is 2.96. The van der Waals surface area contributed by atoms with Gasteiger partial charge in [-0.3, -0.25) is 0 Å². The van der Waals surface area contributed by atoms with Crippen LogP contribution in [0.2, 0.25) is 0 Å². The van der Waals surface area contributed by atoms with Gasteiger partial charge in [-0.25, -0.2) is 0 Å². The second kappa shape index (κ2) is 6.08. The highest BCUT2D eigenvalue weighted by molar-refractivity contribution is 4.94. The van der Waals surface area contributed by atoms with E-state index in [2.05, 4.69) is 10.1 Å². The minimum absolute atomic E-state index is 0.0177. The Bertz CT molecular complexity index is 228. The van der Waals surface area contributed by atoms with Gasteiger partial charge in [-0.05, 0) is 35.3 Å². The summed E-state index contributed by atoms with van der Waals surface area (Å²) in [4.78, 5) is 10.4. The van der Waals surface area contributed by atoms with E-state index in [1.165, 1.54) is 0 Å². The Morgan fingerprint density at radius 3 is 2.71 bits per heavy atom. The Morgan fingerprint density at radius 2 is 1.94 bits per heavy atom. The van der Waals surface area contributed by atoms with Gasteiger partial charge in [-0.2, -0.15) is 9.78 Å². The Labute approximate surface area is 100 Å². The number of aliphatic hydroxyl groups is 2. The zero-order valence-electron chi connectivity index (χ0n) is 9.84. The van der Waals surface area contributed by atoms with Crippen LogP contribution in [0.3, 0.4) is 0 Å². The summed E-state index contributed by atoms with van der Waals surface area (Å²) in [6, 6.07) is 0. The Kier molecular flexibility index (Phi) is 4.72. The molecule has 1 spiro atoms. The highest BCUT2D eigenvalue weighted by Crippen LogP contribution is 2.42. The van der Waals surface area contributed by atoms with Crippen LogP contribution in [0.5, 0.6) is 0 Å². The summed E-state index contributed by atoms with van der Waals surface area (Å²) in [6.07, 6.45) is 4.57. The molecule has 0 aromatic heterocycles. The molecule has 1 heterocycles. The van der Waals surface area contributed by atoms with E-state index < -0.39 is 5.60 Å². The first-order valence-electron chi connectivity index (χ1n) is 6.20. The smallest absolute Gasteiger partial charge is 0.136 e. The molecule has 2 fully saturated rings. The second-order valence-corrected chi connectivity index (χ2v) is 4.86. The van der Waals surface area contributed by atoms with Crippen LogP contribution < -0.4 is 0 Å². The minimum atomic E-state index is -0.543. The molecule has 6 nitrogen and oxygen atoms in total. The molecule has 100 valence electrons. The number of aliphatic hydroxyl groups excluding tert-OH is 2. The van der Waals surface area contributed by atoms with Gasteiger partial charge in [-0.15, -0.1) is 0 Å². The Hall–Kier alpha value is -0.240. The lowest BCUT2D eigenvalue weighted by Crippen LogP contribution is -2.52. The van der Waals surface area contributed by atoms with Crippen molar-refractivity contribution in [2.45, 2.75) is 50.2 Å². The maximum atomic E-state index is 9.03. The maximum absolute atomic E-state index is 9.03. The molecule has 3 unspecified atom stereocenters. The van der Waals surface area contributed by atoms with Gasteiger partial charge in [0.2, 0.25) is 0 Å². The molecule has 0 radical (unpaired) electrons. The van der Waals surface area contributed by atoms with Crippen molar-refractivity contribution in [3.05, 3.63) is 0 Å². The molecule has 17 heavy (non-hydrogen) atoms. The van der Waals surface area contributed by atoms with Crippen molar-refractivity contribution in [2.75, 3.05) is 13.2 Å². The van der Waals surface area contributed by atoms with E-state index in [-0.39, 0.29) is 19.3 Å². The summed E-state index contributed by atoms with van der Waals surface area (Å²) in [5, 5.41) is 26.9. The monoisotopic (exact) mass is 248 g/mol. The topological polar surface area (TPSA) is 77.4 Å². The zero-order valence-corrected chi connectivity index (χ0v) is 9.84. The van der Waals surface area contributed by atoms with E-state index in [9.17, 15) is 0 Å². The van der Waals surface area contributed by atoms with Crippen molar-refractivity contribution in [1.29, 1.82) is 0 Å². The summed E-state index contributed by atoms with van der Waals surface area (Å²) in [6.45, 7) is 0.202. The molecule has 1 saturated carbocycles. The normalized spacial score (nSPS) is 38.5. The number of hydrogen-bond donors (Lipinski definition) is 2. The van der Waals surface area contributed by atoms with Crippen LogP contribution in [0.25, 0.3) is 0 Å². The lowest BCUT2D eigenvalue weighted by atomic mass is 9.73. The van der Waals surface area contributed by atoms with Gasteiger partial charge in [0.15, 0.2) is 0 Å². The molecule has 0 amide bonds. The molecule has 3 atom stereocenters. The van der Waals surface area contributed by atoms with Crippen LogP contribution >= 0.6 is 0 Å². The first-order valence-corrected chi connectivity index (χ1v) is 6.20. The van der Waals surface area contributed by atoms with Crippen LogP contribution in [0, 0.1) is 5.92 Å². The fourth-order valence-electron chi connectivity index (χ4n) is 2.89. The lowest BCUT2D eigenvalue weighted by molar-refractivity contribution is -0.706. The van der Waals surface area contributed by atoms with E-state index in [0.717, 1.165) is 32.1 Å². The van der Waals surface area contributed by atoms with Gasteiger partial charge >= 0.3 is 0 Å². The predicted octanol–water partition coefficient (Wildman–Crippen LogP) is 0.874. The second-order valence-electron chi connectivity index (χ2n) is 4.86. The maximum Gasteiger partial charge on any atom is 0.136 e. The Morgan fingerprint density at radius 1 is 1.12 bits per heavy atom. The van der Waals surface area contributed by atoms with Crippen LogP contribution in [0.1, 0.15) is 38.5 Å². The average molecular weight is 248 g/mol. The fourth-order valence-corrected chi connectivity index (χ4v) is 2.89. The standard InChI is InChI=1S/C11H20O6/c12-6-3-9-2-1-5-11(8-9)10(4-7-13)14-16-17-15-11/h9-10,12-13H,1-8H2. The highest BCUT2D eigenvalue weighted by atomic mass is 17.7. The first kappa shape index (κ1) is 13.2. The largest absolute Gasteiger partial charge is 0.396 e. The molecule has 1 aliphatic heterocycles. The lowest BCUT2D eigenvalue weighted by Gasteiger charge is -2.44. The quantitative estimate of drug-likeness (QED) is 0.719. The van der Waals surface area contributed by atoms with Crippen molar-refractivity contribution in [2.24, 2.45) is 5.92 Å². The van der Waals surface area contributed by atoms with Gasteiger partial charge in [0.1, 0.15) is 11.7 Å². The molecule has 2 rings (SSSR count). The van der Waals surface area contributed by atoms with E-state index >= 15 is 0 Å². The van der Waals surface area contributed by atoms with E-state index in [0.29, 0.717) is 12.3 Å². The molecule has 1 aliphatic carbocycles. The van der Waals surface area contributed by atoms with E-state index in [1.807, 2.05) is 0 Å². The predicted molar refractivity (Wildman–Crippen MR) is 56.2 cm³/mol. The van der Waals surface area contributed by atoms with Crippen molar-refractivity contribution >= 4 is 0 Å². The molecule has 0 bridgehead atoms. The van der Waals surface area contributed by atoms with E-state index in [1.54, 1.807) is 0 Å². The van der Waals surface area contributed by atoms with Crippen molar-refractivity contribution in [3.8, 4) is 0 Å². The molecular formula is C11H20O6. The number of rotatable bonds is 4. The molecule has 0 aromatic carbocycles. The fraction of sp³-hybridized carbons (Fsp3) is 1.00. The van der Waals surface area contributed by atoms with Crippen molar-refractivity contribution in [1.82, 2.24) is 0 Å². The van der Waals surface area contributed by atoms with Crippen LogP contribution in [-0.2, 0) is 19.9 Å². The number of hydrogen-bond acceptors (Lipinski definition) is 6. The van der Waals surface area contributed by atoms with Gasteiger partial charge in [0.05, 0.1) is 0 Å². The summed E-state index contributed by atoms with van der Waals surface area (Å²) in [5.74, 6) is 0.403. The third-order valence-corrected chi connectivity index (χ3v) is 3.75. The molecule has 2 aliphatic rings. The van der Waals surface area contributed by atoms with Gasteiger partial charge in [-0.1, -0.05) is 12.8 Å². The average Bonchev–Trinajstić information content (AvgIpc) is 2.33. The van der Waals surface area contributed by atoms with Gasteiger partial charge in [0.25, 0.3) is 0 Å². The minimum Gasteiger partial charge on any atom is -0.396 e. The molecule has 6 heteroatoms. The van der Waals surface area contributed by atoms with Gasteiger partial charge in [0, 0.05) is 19.6 Å². The van der Waals surface area contributed by atoms with Crippen LogP contribution in [0.15, 0.2) is 0 Å². The highest BCUT2D eigenvalue weighted by Gasteiger charge is 2.49. The first-order chi connectivity index (χ1) is 8.30. The SMILES string of the molecule is OCCC1CCCC2(C1)OOOOC2CCO. The van der Waals surface area contributed by atoms with Crippen molar-refractivity contribution < 1.29 is 30.1 Å². The molecule has 1 saturated heterocycles. The molecule has 2 N–H and O–H groups in total. The van der Waals surface area contributed by atoms with E-state index in [4.69, 9.17) is 20.0 Å². The Balaban J connectivity index is 2.02. The van der Waals surface area contributed by atoms with Crippen LogP contribution in [0.4, 0.5) is 0 Å². The molecular weight excluding hydrogens is 228 g/mol. The summed E-state index contributed by atoms with van der Waals surface area (Å²) >= 11 is 0. The summed E-state index contributed by atoms with van der Waals surface area (Å²) < 4.78 is 0. The zero-order chi connectivity index (χ0) is 12.1. The summed E-state index contributed by atoms with van der Waals surface area (Å²) in [5.41, 5.74) is -0.543. The third-order valence-electron chi connectivity index (χ3n) is 3.75. The molecule has 0 aromatic rings. The van der Waals surface area contributed by atoms with Gasteiger partial charge < -0.3 is 10.2 Å². The van der Waals surface area contributed by atoms with Crippen molar-refractivity contribution in [3.63, 3.8) is 0 Å². The van der Waals surface area contributed by atoms with Crippen LogP contribution in [-0.4, -0.2) is 35.1 Å².